The predicted octanol–water partition coefficient (Wildman–Crippen LogP) is 5.47. The van der Waals surface area contributed by atoms with Crippen molar-refractivity contribution in [3.8, 4) is 33.9 Å². The molecule has 3 aromatic carbocycles. The lowest BCUT2D eigenvalue weighted by Crippen LogP contribution is -2.25. The highest BCUT2D eigenvalue weighted by Crippen LogP contribution is 2.41. The van der Waals surface area contributed by atoms with E-state index in [4.69, 9.17) is 8.83 Å². The van der Waals surface area contributed by atoms with Crippen LogP contribution in [0, 0.1) is 12.7 Å². The molecule has 218 valence electrons. The monoisotopic (exact) mass is 600 g/mol. The van der Waals surface area contributed by atoms with Gasteiger partial charge < -0.3 is 19.1 Å². The SMILES string of the molecule is CNC(=O)c1c(-c2ccc(C)cc2)oc2cc(N(C)S(C)(=O)=O)c(-c3c[nH]c(=O)c(-c4nc5c(F)cccc5o4)c3)cc12. The van der Waals surface area contributed by atoms with Crippen LogP contribution >= 0.6 is 0 Å². The van der Waals surface area contributed by atoms with Gasteiger partial charge in [-0.05, 0) is 31.2 Å². The minimum atomic E-state index is -3.76. The Morgan fingerprint density at radius 1 is 1.00 bits per heavy atom. The number of anilines is 1. The summed E-state index contributed by atoms with van der Waals surface area (Å²) in [6.45, 7) is 1.94. The maximum Gasteiger partial charge on any atom is 0.260 e. The van der Waals surface area contributed by atoms with Crippen molar-refractivity contribution >= 4 is 43.7 Å². The van der Waals surface area contributed by atoms with Gasteiger partial charge in [0.15, 0.2) is 11.4 Å². The normalized spacial score (nSPS) is 11.7. The average Bonchev–Trinajstić information content (AvgIpc) is 3.58. The zero-order valence-electron chi connectivity index (χ0n) is 23.5. The lowest BCUT2D eigenvalue weighted by Gasteiger charge is -2.20. The molecular formula is C31H25FN4O6S. The number of hydrogen-bond acceptors (Lipinski definition) is 7. The third-order valence-corrected chi connectivity index (χ3v) is 8.42. The number of benzene rings is 3. The van der Waals surface area contributed by atoms with Gasteiger partial charge in [0.1, 0.15) is 22.4 Å². The first-order valence-electron chi connectivity index (χ1n) is 13.1. The quantitative estimate of drug-likeness (QED) is 0.259. The van der Waals surface area contributed by atoms with Gasteiger partial charge in [0.05, 0.1) is 17.5 Å². The summed E-state index contributed by atoms with van der Waals surface area (Å²) in [5.74, 6) is -0.803. The van der Waals surface area contributed by atoms with Crippen molar-refractivity contribution in [2.75, 3.05) is 24.7 Å². The number of nitrogens with one attached hydrogen (secondary N) is 2. The first-order valence-corrected chi connectivity index (χ1v) is 14.9. The zero-order chi connectivity index (χ0) is 30.6. The number of nitrogens with zero attached hydrogens (tertiary/aromatic N) is 2. The Hall–Kier alpha value is -5.23. The maximum absolute atomic E-state index is 14.3. The number of carbonyl (C=O) groups excluding carboxylic acids is 1. The summed E-state index contributed by atoms with van der Waals surface area (Å²) in [6, 6.07) is 16.3. The smallest absolute Gasteiger partial charge is 0.260 e. The highest BCUT2D eigenvalue weighted by Gasteiger charge is 2.26. The van der Waals surface area contributed by atoms with Crippen LogP contribution in [-0.2, 0) is 10.0 Å². The number of aromatic nitrogens is 2. The summed E-state index contributed by atoms with van der Waals surface area (Å²) in [6.07, 6.45) is 2.47. The van der Waals surface area contributed by atoms with Crippen molar-refractivity contribution in [2.45, 2.75) is 6.92 Å². The summed E-state index contributed by atoms with van der Waals surface area (Å²) < 4.78 is 52.7. The number of aromatic amines is 1. The molecule has 3 aromatic heterocycles. The lowest BCUT2D eigenvalue weighted by molar-refractivity contribution is 0.0964. The molecule has 10 nitrogen and oxygen atoms in total. The van der Waals surface area contributed by atoms with Crippen LogP contribution in [0.2, 0.25) is 0 Å². The number of hydrogen-bond donors (Lipinski definition) is 2. The van der Waals surface area contributed by atoms with E-state index >= 15 is 0 Å². The van der Waals surface area contributed by atoms with Gasteiger partial charge in [0, 0.05) is 48.4 Å². The van der Waals surface area contributed by atoms with E-state index in [9.17, 15) is 22.4 Å². The number of oxazole rings is 1. The van der Waals surface area contributed by atoms with Gasteiger partial charge in [-0.3, -0.25) is 13.9 Å². The number of amides is 1. The van der Waals surface area contributed by atoms with Crippen LogP contribution in [0.15, 0.2) is 80.5 Å². The maximum atomic E-state index is 14.3. The molecule has 0 saturated heterocycles. The molecular weight excluding hydrogens is 575 g/mol. The van der Waals surface area contributed by atoms with Gasteiger partial charge in [-0.25, -0.2) is 17.8 Å². The van der Waals surface area contributed by atoms with E-state index in [0.29, 0.717) is 27.8 Å². The first-order chi connectivity index (χ1) is 20.5. The van der Waals surface area contributed by atoms with E-state index in [0.717, 1.165) is 16.1 Å². The van der Waals surface area contributed by atoms with Crippen molar-refractivity contribution in [1.29, 1.82) is 0 Å². The molecule has 0 bridgehead atoms. The molecule has 1 amide bonds. The molecule has 0 saturated carbocycles. The van der Waals surface area contributed by atoms with E-state index in [2.05, 4.69) is 15.3 Å². The molecule has 0 radical (unpaired) electrons. The number of H-pyrrole nitrogens is 1. The van der Waals surface area contributed by atoms with Gasteiger partial charge >= 0.3 is 0 Å². The Morgan fingerprint density at radius 2 is 1.74 bits per heavy atom. The number of aryl methyl sites for hydroxylation is 1. The van der Waals surface area contributed by atoms with E-state index in [1.165, 1.54) is 50.6 Å². The number of para-hydroxylation sites is 1. The molecule has 0 unspecified atom stereocenters. The second kappa shape index (κ2) is 10.2. The van der Waals surface area contributed by atoms with Crippen molar-refractivity contribution in [3.05, 3.63) is 94.2 Å². The fourth-order valence-corrected chi connectivity index (χ4v) is 5.40. The number of fused-ring (bicyclic) bond motifs is 2. The third-order valence-electron chi connectivity index (χ3n) is 7.23. The average molecular weight is 601 g/mol. The van der Waals surface area contributed by atoms with Crippen LogP contribution in [-0.4, -0.2) is 44.6 Å². The minimum Gasteiger partial charge on any atom is -0.455 e. The van der Waals surface area contributed by atoms with Crippen LogP contribution in [0.1, 0.15) is 15.9 Å². The van der Waals surface area contributed by atoms with Gasteiger partial charge in [-0.1, -0.05) is 35.9 Å². The first kappa shape index (κ1) is 27.9. The molecule has 0 atom stereocenters. The second-order valence-electron chi connectivity index (χ2n) is 10.1. The summed E-state index contributed by atoms with van der Waals surface area (Å²) >= 11 is 0. The number of sulfonamides is 1. The molecule has 6 rings (SSSR count). The van der Waals surface area contributed by atoms with E-state index < -0.39 is 27.3 Å². The number of carbonyl (C=O) groups is 1. The largest absolute Gasteiger partial charge is 0.455 e. The highest BCUT2D eigenvalue weighted by atomic mass is 32.2. The molecule has 0 spiro atoms. The predicted molar refractivity (Wildman–Crippen MR) is 162 cm³/mol. The fourth-order valence-electron chi connectivity index (χ4n) is 4.89. The van der Waals surface area contributed by atoms with Crippen molar-refractivity contribution in [2.24, 2.45) is 0 Å². The van der Waals surface area contributed by atoms with Gasteiger partial charge in [-0.15, -0.1) is 0 Å². The summed E-state index contributed by atoms with van der Waals surface area (Å²) in [7, 11) is -0.868. The van der Waals surface area contributed by atoms with Crippen LogP contribution in [0.25, 0.3) is 56.0 Å². The molecule has 6 aromatic rings. The summed E-state index contributed by atoms with van der Waals surface area (Å²) in [4.78, 5) is 32.9. The topological polar surface area (TPSA) is 139 Å². The minimum absolute atomic E-state index is 0.000202. The van der Waals surface area contributed by atoms with Crippen molar-refractivity contribution < 1.29 is 26.4 Å². The third kappa shape index (κ3) is 4.85. The Balaban J connectivity index is 1.63. The molecule has 0 fully saturated rings. The Labute approximate surface area is 244 Å². The van der Waals surface area contributed by atoms with Crippen molar-refractivity contribution in [1.82, 2.24) is 15.3 Å². The Bertz CT molecular complexity index is 2230. The fraction of sp³-hybridized carbons (Fsp3) is 0.129. The molecule has 43 heavy (non-hydrogen) atoms. The molecule has 2 N–H and O–H groups in total. The number of halogens is 1. The van der Waals surface area contributed by atoms with Gasteiger partial charge in [-0.2, -0.15) is 0 Å². The number of furan rings is 1. The van der Waals surface area contributed by atoms with E-state index in [1.807, 2.05) is 31.2 Å². The number of rotatable bonds is 6. The molecule has 0 aliphatic carbocycles. The van der Waals surface area contributed by atoms with Crippen LogP contribution in [0.4, 0.5) is 10.1 Å². The number of pyridine rings is 1. The summed E-state index contributed by atoms with van der Waals surface area (Å²) in [5.41, 5.74) is 2.78. The van der Waals surface area contributed by atoms with Crippen LogP contribution in [0.3, 0.4) is 0 Å². The second-order valence-corrected chi connectivity index (χ2v) is 12.1. The summed E-state index contributed by atoms with van der Waals surface area (Å²) in [5, 5.41) is 3.08. The van der Waals surface area contributed by atoms with Crippen molar-refractivity contribution in [3.63, 3.8) is 0 Å². The zero-order valence-corrected chi connectivity index (χ0v) is 24.3. The highest BCUT2D eigenvalue weighted by molar-refractivity contribution is 7.92. The Morgan fingerprint density at radius 3 is 2.42 bits per heavy atom. The van der Waals surface area contributed by atoms with E-state index in [1.54, 1.807) is 6.07 Å². The molecule has 3 heterocycles. The molecule has 12 heteroatoms. The van der Waals surface area contributed by atoms with E-state index in [-0.39, 0.29) is 39.4 Å². The van der Waals surface area contributed by atoms with Crippen LogP contribution in [0.5, 0.6) is 0 Å². The Kier molecular flexibility index (Phi) is 6.65. The molecule has 0 aliphatic heterocycles. The van der Waals surface area contributed by atoms with Gasteiger partial charge in [0.2, 0.25) is 15.9 Å². The van der Waals surface area contributed by atoms with Crippen LogP contribution < -0.4 is 15.2 Å². The standard InChI is InChI=1S/C31H25FN4O6S/c1-16-8-10-17(11-9-16)28-26(30(38)33-2)20-13-19(23(14-25(20)41-28)36(3)43(4,39)40)18-12-21(29(37)34-15-18)31-35-27-22(32)6-5-7-24(27)42-31/h5-15H,1-4H3,(H,33,38)(H,34,37). The lowest BCUT2D eigenvalue weighted by atomic mass is 9.98. The van der Waals surface area contributed by atoms with Gasteiger partial charge in [0.25, 0.3) is 11.5 Å². The molecule has 0 aliphatic rings.